The van der Waals surface area contributed by atoms with Gasteiger partial charge in [-0.2, -0.15) is 0 Å². The standard InChI is InChI=1S/C18H27N3O5/c1-3-25-18(23)21-11-8-14(9-12-21)20-17(22)19-10-13-26-16-6-4-15(24-2)5-7-16/h4-7,14H,3,8-13H2,1-2H3,(H2,19,20,22). The van der Waals surface area contributed by atoms with Crippen LogP contribution in [0.3, 0.4) is 0 Å². The van der Waals surface area contributed by atoms with E-state index in [2.05, 4.69) is 10.6 Å². The second-order valence-corrected chi connectivity index (χ2v) is 5.88. The van der Waals surface area contributed by atoms with Crippen molar-refractivity contribution < 1.29 is 23.8 Å². The molecule has 2 N–H and O–H groups in total. The predicted molar refractivity (Wildman–Crippen MR) is 96.6 cm³/mol. The highest BCUT2D eigenvalue weighted by molar-refractivity contribution is 5.74. The molecule has 1 aliphatic heterocycles. The van der Waals surface area contributed by atoms with Crippen molar-refractivity contribution in [1.82, 2.24) is 15.5 Å². The Balaban J connectivity index is 1.58. The zero-order valence-corrected chi connectivity index (χ0v) is 15.3. The molecule has 0 aliphatic carbocycles. The van der Waals surface area contributed by atoms with E-state index in [9.17, 15) is 9.59 Å². The molecule has 1 saturated heterocycles. The molecule has 0 saturated carbocycles. The Labute approximate surface area is 153 Å². The Hall–Kier alpha value is -2.64. The highest BCUT2D eigenvalue weighted by atomic mass is 16.6. The minimum atomic E-state index is -0.286. The molecule has 1 fully saturated rings. The van der Waals surface area contributed by atoms with E-state index in [1.54, 1.807) is 18.9 Å². The third-order valence-corrected chi connectivity index (χ3v) is 4.07. The van der Waals surface area contributed by atoms with Crippen LogP contribution in [-0.2, 0) is 4.74 Å². The van der Waals surface area contributed by atoms with Crippen LogP contribution in [0.15, 0.2) is 24.3 Å². The molecular formula is C18H27N3O5. The van der Waals surface area contributed by atoms with Crippen LogP contribution in [-0.4, -0.2) is 63.0 Å². The van der Waals surface area contributed by atoms with E-state index in [0.29, 0.717) is 45.7 Å². The summed E-state index contributed by atoms with van der Waals surface area (Å²) in [6, 6.07) is 7.10. The van der Waals surface area contributed by atoms with Crippen LogP contribution in [0.1, 0.15) is 19.8 Å². The number of urea groups is 1. The van der Waals surface area contributed by atoms with Gasteiger partial charge in [-0.3, -0.25) is 0 Å². The fourth-order valence-corrected chi connectivity index (χ4v) is 2.66. The quantitative estimate of drug-likeness (QED) is 0.722. The Kier molecular flexibility index (Phi) is 7.85. The van der Waals surface area contributed by atoms with Gasteiger partial charge in [0.1, 0.15) is 18.1 Å². The average molecular weight is 365 g/mol. The minimum Gasteiger partial charge on any atom is -0.497 e. The summed E-state index contributed by atoms with van der Waals surface area (Å²) in [5.41, 5.74) is 0. The average Bonchev–Trinajstić information content (AvgIpc) is 2.66. The molecular weight excluding hydrogens is 338 g/mol. The van der Waals surface area contributed by atoms with Crippen molar-refractivity contribution in [3.8, 4) is 11.5 Å². The van der Waals surface area contributed by atoms with E-state index >= 15 is 0 Å². The molecule has 0 spiro atoms. The van der Waals surface area contributed by atoms with E-state index in [1.165, 1.54) is 0 Å². The molecule has 1 aliphatic rings. The first kappa shape index (κ1) is 19.7. The van der Waals surface area contributed by atoms with Gasteiger partial charge in [0.15, 0.2) is 0 Å². The lowest BCUT2D eigenvalue weighted by atomic mass is 10.1. The lowest BCUT2D eigenvalue weighted by Gasteiger charge is -2.31. The van der Waals surface area contributed by atoms with Gasteiger partial charge < -0.3 is 29.7 Å². The molecule has 0 atom stereocenters. The number of benzene rings is 1. The summed E-state index contributed by atoms with van der Waals surface area (Å²) in [4.78, 5) is 25.2. The molecule has 0 unspecified atom stereocenters. The van der Waals surface area contributed by atoms with Crippen LogP contribution in [0.4, 0.5) is 9.59 Å². The molecule has 1 aromatic rings. The molecule has 144 valence electrons. The van der Waals surface area contributed by atoms with Crippen LogP contribution in [0, 0.1) is 0 Å². The molecule has 3 amide bonds. The van der Waals surface area contributed by atoms with Crippen molar-refractivity contribution >= 4 is 12.1 Å². The zero-order valence-electron chi connectivity index (χ0n) is 15.3. The first-order valence-electron chi connectivity index (χ1n) is 8.85. The van der Waals surface area contributed by atoms with Crippen LogP contribution in [0.25, 0.3) is 0 Å². The van der Waals surface area contributed by atoms with Crippen LogP contribution in [0.2, 0.25) is 0 Å². The van der Waals surface area contributed by atoms with E-state index in [0.717, 1.165) is 11.5 Å². The van der Waals surface area contributed by atoms with Crippen molar-refractivity contribution in [2.24, 2.45) is 0 Å². The van der Waals surface area contributed by atoms with Gasteiger partial charge in [0, 0.05) is 19.1 Å². The second-order valence-electron chi connectivity index (χ2n) is 5.88. The van der Waals surface area contributed by atoms with Crippen molar-refractivity contribution in [3.05, 3.63) is 24.3 Å². The van der Waals surface area contributed by atoms with Crippen molar-refractivity contribution in [2.45, 2.75) is 25.8 Å². The maximum atomic E-state index is 11.9. The fourth-order valence-electron chi connectivity index (χ4n) is 2.66. The molecule has 0 aromatic heterocycles. The number of hydrogen-bond acceptors (Lipinski definition) is 5. The summed E-state index contributed by atoms with van der Waals surface area (Å²) in [5, 5.41) is 5.70. The summed E-state index contributed by atoms with van der Waals surface area (Å²) >= 11 is 0. The third kappa shape index (κ3) is 6.34. The normalized spacial score (nSPS) is 14.5. The fraction of sp³-hybridized carbons (Fsp3) is 0.556. The Bertz CT molecular complexity index is 571. The van der Waals surface area contributed by atoms with Gasteiger partial charge in [-0.05, 0) is 44.0 Å². The lowest BCUT2D eigenvalue weighted by Crippen LogP contribution is -2.49. The number of ether oxygens (including phenoxy) is 3. The Morgan fingerprint density at radius 2 is 1.81 bits per heavy atom. The summed E-state index contributed by atoms with van der Waals surface area (Å²) < 4.78 is 15.6. The number of nitrogens with one attached hydrogen (secondary N) is 2. The Morgan fingerprint density at radius 3 is 2.42 bits per heavy atom. The van der Waals surface area contributed by atoms with Crippen molar-refractivity contribution in [3.63, 3.8) is 0 Å². The highest BCUT2D eigenvalue weighted by Gasteiger charge is 2.24. The second kappa shape index (κ2) is 10.4. The van der Waals surface area contributed by atoms with Gasteiger partial charge in [0.2, 0.25) is 0 Å². The number of methoxy groups -OCH3 is 1. The van der Waals surface area contributed by atoms with E-state index < -0.39 is 0 Å². The molecule has 1 heterocycles. The summed E-state index contributed by atoms with van der Waals surface area (Å²) in [5.74, 6) is 1.49. The highest BCUT2D eigenvalue weighted by Crippen LogP contribution is 2.16. The monoisotopic (exact) mass is 365 g/mol. The van der Waals surface area contributed by atoms with E-state index in [-0.39, 0.29) is 18.2 Å². The van der Waals surface area contributed by atoms with Gasteiger partial charge in [-0.15, -0.1) is 0 Å². The number of likely N-dealkylation sites (tertiary alicyclic amines) is 1. The lowest BCUT2D eigenvalue weighted by molar-refractivity contribution is 0.0957. The number of carbonyl (C=O) groups is 2. The van der Waals surface area contributed by atoms with Crippen molar-refractivity contribution in [1.29, 1.82) is 0 Å². The van der Waals surface area contributed by atoms with Gasteiger partial charge in [0.25, 0.3) is 0 Å². The predicted octanol–water partition coefficient (Wildman–Crippen LogP) is 1.99. The number of piperidine rings is 1. The van der Waals surface area contributed by atoms with Gasteiger partial charge in [0.05, 0.1) is 20.3 Å². The Morgan fingerprint density at radius 1 is 1.15 bits per heavy atom. The summed E-state index contributed by atoms with van der Waals surface area (Å²) in [7, 11) is 1.61. The SMILES string of the molecule is CCOC(=O)N1CCC(NC(=O)NCCOc2ccc(OC)cc2)CC1. The van der Waals surface area contributed by atoms with Crippen LogP contribution < -0.4 is 20.1 Å². The zero-order chi connectivity index (χ0) is 18.8. The first-order chi connectivity index (χ1) is 12.6. The van der Waals surface area contributed by atoms with Gasteiger partial charge in [-0.1, -0.05) is 0 Å². The van der Waals surface area contributed by atoms with Crippen LogP contribution >= 0.6 is 0 Å². The van der Waals surface area contributed by atoms with Gasteiger partial charge in [-0.25, -0.2) is 9.59 Å². The smallest absolute Gasteiger partial charge is 0.409 e. The van der Waals surface area contributed by atoms with Crippen molar-refractivity contribution in [2.75, 3.05) is 40.0 Å². The third-order valence-electron chi connectivity index (χ3n) is 4.07. The maximum Gasteiger partial charge on any atom is 0.409 e. The van der Waals surface area contributed by atoms with Gasteiger partial charge >= 0.3 is 12.1 Å². The molecule has 8 nitrogen and oxygen atoms in total. The van der Waals surface area contributed by atoms with Crippen LogP contribution in [0.5, 0.6) is 11.5 Å². The number of carbonyl (C=O) groups excluding carboxylic acids is 2. The maximum absolute atomic E-state index is 11.9. The molecule has 26 heavy (non-hydrogen) atoms. The summed E-state index contributed by atoms with van der Waals surface area (Å²) in [6.45, 7) is 4.11. The molecule has 0 bridgehead atoms. The number of nitrogens with zero attached hydrogens (tertiary/aromatic N) is 1. The topological polar surface area (TPSA) is 89.1 Å². The largest absolute Gasteiger partial charge is 0.497 e. The molecule has 1 aromatic carbocycles. The minimum absolute atomic E-state index is 0.0585. The molecule has 0 radical (unpaired) electrons. The number of hydrogen-bond donors (Lipinski definition) is 2. The summed E-state index contributed by atoms with van der Waals surface area (Å²) in [6.07, 6.45) is 1.15. The molecule has 8 heteroatoms. The van der Waals surface area contributed by atoms with E-state index in [4.69, 9.17) is 14.2 Å². The number of rotatable bonds is 7. The molecule has 2 rings (SSSR count). The number of amides is 3. The first-order valence-corrected chi connectivity index (χ1v) is 8.85. The van der Waals surface area contributed by atoms with E-state index in [1.807, 2.05) is 24.3 Å².